The van der Waals surface area contributed by atoms with Gasteiger partial charge in [0.1, 0.15) is 6.04 Å². The maximum absolute atomic E-state index is 12.0. The quantitative estimate of drug-likeness (QED) is 0.880. The first-order valence-electron chi connectivity index (χ1n) is 6.88. The number of hydrogen-bond donors (Lipinski definition) is 2. The van der Waals surface area contributed by atoms with Crippen molar-refractivity contribution in [3.05, 3.63) is 30.3 Å². The average molecular weight is 276 g/mol. The summed E-state index contributed by atoms with van der Waals surface area (Å²) in [6, 6.07) is 8.63. The van der Waals surface area contributed by atoms with Crippen LogP contribution in [0.4, 0.5) is 5.69 Å². The number of carbonyl (C=O) groups excluding carboxylic acids is 1. The van der Waals surface area contributed by atoms with Crippen LogP contribution in [0.1, 0.15) is 19.8 Å². The number of benzene rings is 1. The summed E-state index contributed by atoms with van der Waals surface area (Å²) in [4.78, 5) is 25.0. The molecule has 1 aromatic rings. The topological polar surface area (TPSA) is 69.6 Å². The van der Waals surface area contributed by atoms with Gasteiger partial charge in [0.2, 0.25) is 5.91 Å². The smallest absolute Gasteiger partial charge is 0.320 e. The lowest BCUT2D eigenvalue weighted by molar-refractivity contribution is -0.145. The van der Waals surface area contributed by atoms with Gasteiger partial charge in [0.05, 0.1) is 6.54 Å². The van der Waals surface area contributed by atoms with E-state index in [0.29, 0.717) is 18.9 Å². The second-order valence-electron chi connectivity index (χ2n) is 5.37. The van der Waals surface area contributed by atoms with Crippen molar-refractivity contribution < 1.29 is 14.7 Å². The third kappa shape index (κ3) is 3.81. The zero-order valence-electron chi connectivity index (χ0n) is 11.6. The fourth-order valence-corrected chi connectivity index (χ4v) is 2.54. The number of rotatable bonds is 4. The van der Waals surface area contributed by atoms with Gasteiger partial charge in [0, 0.05) is 5.69 Å². The molecule has 0 saturated carbocycles. The number of nitrogens with one attached hydrogen (secondary N) is 1. The highest BCUT2D eigenvalue weighted by Crippen LogP contribution is 2.22. The summed E-state index contributed by atoms with van der Waals surface area (Å²) in [6.07, 6.45) is 1.54. The van der Waals surface area contributed by atoms with Crippen molar-refractivity contribution in [3.63, 3.8) is 0 Å². The van der Waals surface area contributed by atoms with Crippen LogP contribution in [0, 0.1) is 5.92 Å². The number of piperidine rings is 1. The normalized spacial score (nSPS) is 23.2. The van der Waals surface area contributed by atoms with Crippen molar-refractivity contribution in [3.8, 4) is 0 Å². The third-order valence-electron chi connectivity index (χ3n) is 3.66. The van der Waals surface area contributed by atoms with Crippen LogP contribution in [0.15, 0.2) is 30.3 Å². The number of carboxylic acids is 1. The van der Waals surface area contributed by atoms with E-state index < -0.39 is 12.0 Å². The molecule has 0 aromatic heterocycles. The van der Waals surface area contributed by atoms with Crippen molar-refractivity contribution in [1.82, 2.24) is 4.90 Å². The second kappa shape index (κ2) is 6.52. The second-order valence-corrected chi connectivity index (χ2v) is 5.37. The van der Waals surface area contributed by atoms with Crippen LogP contribution >= 0.6 is 0 Å². The van der Waals surface area contributed by atoms with Gasteiger partial charge in [-0.1, -0.05) is 25.1 Å². The lowest BCUT2D eigenvalue weighted by Gasteiger charge is -2.35. The van der Waals surface area contributed by atoms with Gasteiger partial charge in [-0.05, 0) is 37.4 Å². The molecular weight excluding hydrogens is 256 g/mol. The molecule has 2 atom stereocenters. The van der Waals surface area contributed by atoms with Crippen molar-refractivity contribution in [2.45, 2.75) is 25.8 Å². The van der Waals surface area contributed by atoms with E-state index in [1.54, 1.807) is 4.90 Å². The van der Waals surface area contributed by atoms with Crippen molar-refractivity contribution in [2.24, 2.45) is 5.92 Å². The number of carbonyl (C=O) groups is 2. The minimum atomic E-state index is -0.843. The van der Waals surface area contributed by atoms with Gasteiger partial charge in [-0.15, -0.1) is 0 Å². The molecular formula is C15H20N2O3. The number of amides is 1. The number of anilines is 1. The molecule has 0 spiro atoms. The Bertz CT molecular complexity index is 475. The Morgan fingerprint density at radius 3 is 2.70 bits per heavy atom. The van der Waals surface area contributed by atoms with Crippen molar-refractivity contribution in [2.75, 3.05) is 18.4 Å². The van der Waals surface area contributed by atoms with Crippen LogP contribution in [0.3, 0.4) is 0 Å². The number of nitrogens with zero attached hydrogens (tertiary/aromatic N) is 1. The van der Waals surface area contributed by atoms with E-state index in [-0.39, 0.29) is 12.5 Å². The Morgan fingerprint density at radius 1 is 1.35 bits per heavy atom. The maximum Gasteiger partial charge on any atom is 0.320 e. The summed E-state index contributed by atoms with van der Waals surface area (Å²) in [5, 5.41) is 12.0. The first-order chi connectivity index (χ1) is 9.56. The van der Waals surface area contributed by atoms with E-state index in [1.807, 2.05) is 30.3 Å². The van der Waals surface area contributed by atoms with Gasteiger partial charge in [-0.2, -0.15) is 0 Å². The summed E-state index contributed by atoms with van der Waals surface area (Å²) < 4.78 is 0. The van der Waals surface area contributed by atoms with Crippen LogP contribution in [0.25, 0.3) is 0 Å². The number of para-hydroxylation sites is 1. The third-order valence-corrected chi connectivity index (χ3v) is 3.66. The minimum absolute atomic E-state index is 0.124. The summed E-state index contributed by atoms with van der Waals surface area (Å²) in [5.41, 5.74) is 0.731. The van der Waals surface area contributed by atoms with Gasteiger partial charge < -0.3 is 10.4 Å². The highest BCUT2D eigenvalue weighted by Gasteiger charge is 2.32. The SMILES string of the molecule is CC1CCN(CC(=O)Nc2ccccc2)C(C(=O)O)C1. The molecule has 2 rings (SSSR count). The predicted octanol–water partition coefficient (Wildman–Crippen LogP) is 1.81. The number of carboxylic acid groups (broad SMARTS) is 1. The molecule has 1 fully saturated rings. The molecule has 1 aromatic carbocycles. The highest BCUT2D eigenvalue weighted by atomic mass is 16.4. The van der Waals surface area contributed by atoms with E-state index >= 15 is 0 Å². The lowest BCUT2D eigenvalue weighted by Crippen LogP contribution is -2.49. The Kier molecular flexibility index (Phi) is 4.74. The van der Waals surface area contributed by atoms with Crippen LogP contribution in [0.2, 0.25) is 0 Å². The summed E-state index contributed by atoms with van der Waals surface area (Å²) in [6.45, 7) is 2.83. The molecule has 5 heteroatoms. The number of hydrogen-bond acceptors (Lipinski definition) is 3. The van der Waals surface area contributed by atoms with Crippen LogP contribution in [-0.4, -0.2) is 41.0 Å². The van der Waals surface area contributed by atoms with E-state index in [1.165, 1.54) is 0 Å². The lowest BCUT2D eigenvalue weighted by atomic mass is 9.92. The largest absolute Gasteiger partial charge is 0.480 e. The van der Waals surface area contributed by atoms with Gasteiger partial charge in [-0.3, -0.25) is 14.5 Å². The fraction of sp³-hybridized carbons (Fsp3) is 0.467. The monoisotopic (exact) mass is 276 g/mol. The first kappa shape index (κ1) is 14.5. The van der Waals surface area contributed by atoms with Crippen molar-refractivity contribution >= 4 is 17.6 Å². The van der Waals surface area contributed by atoms with E-state index in [9.17, 15) is 14.7 Å². The van der Waals surface area contributed by atoms with Crippen LogP contribution in [0.5, 0.6) is 0 Å². The van der Waals surface area contributed by atoms with Gasteiger partial charge in [-0.25, -0.2) is 0 Å². The molecule has 20 heavy (non-hydrogen) atoms. The predicted molar refractivity (Wildman–Crippen MR) is 76.5 cm³/mol. The van der Waals surface area contributed by atoms with Gasteiger partial charge in [0.15, 0.2) is 0 Å². The molecule has 5 nitrogen and oxygen atoms in total. The molecule has 0 aliphatic carbocycles. The standard InChI is InChI=1S/C15H20N2O3/c1-11-7-8-17(13(9-11)15(19)20)10-14(18)16-12-5-3-2-4-6-12/h2-6,11,13H,7-10H2,1H3,(H,16,18)(H,19,20). The molecule has 108 valence electrons. The molecule has 2 N–H and O–H groups in total. The molecule has 1 heterocycles. The molecule has 1 saturated heterocycles. The Hall–Kier alpha value is -1.88. The fourth-order valence-electron chi connectivity index (χ4n) is 2.54. The Morgan fingerprint density at radius 2 is 2.05 bits per heavy atom. The molecule has 0 bridgehead atoms. The summed E-state index contributed by atoms with van der Waals surface area (Å²) >= 11 is 0. The van der Waals surface area contributed by atoms with E-state index in [4.69, 9.17) is 0 Å². The van der Waals surface area contributed by atoms with Crippen LogP contribution < -0.4 is 5.32 Å². The van der Waals surface area contributed by atoms with E-state index in [0.717, 1.165) is 12.1 Å². The zero-order chi connectivity index (χ0) is 14.5. The number of aliphatic carboxylic acids is 1. The number of likely N-dealkylation sites (tertiary alicyclic amines) is 1. The Balaban J connectivity index is 1.94. The Labute approximate surface area is 118 Å². The highest BCUT2D eigenvalue weighted by molar-refractivity contribution is 5.92. The van der Waals surface area contributed by atoms with Gasteiger partial charge >= 0.3 is 5.97 Å². The molecule has 1 amide bonds. The van der Waals surface area contributed by atoms with E-state index in [2.05, 4.69) is 12.2 Å². The zero-order valence-corrected chi connectivity index (χ0v) is 11.6. The van der Waals surface area contributed by atoms with Crippen LogP contribution in [-0.2, 0) is 9.59 Å². The molecule has 1 aliphatic heterocycles. The molecule has 0 radical (unpaired) electrons. The van der Waals surface area contributed by atoms with Crippen molar-refractivity contribution in [1.29, 1.82) is 0 Å². The average Bonchev–Trinajstić information content (AvgIpc) is 2.41. The van der Waals surface area contributed by atoms with Gasteiger partial charge in [0.25, 0.3) is 0 Å². The minimum Gasteiger partial charge on any atom is -0.480 e. The summed E-state index contributed by atoms with van der Waals surface area (Å²) in [5.74, 6) is -0.620. The molecule has 2 unspecified atom stereocenters. The maximum atomic E-state index is 12.0. The summed E-state index contributed by atoms with van der Waals surface area (Å²) in [7, 11) is 0. The molecule has 1 aliphatic rings. The first-order valence-corrected chi connectivity index (χ1v) is 6.88.